The third kappa shape index (κ3) is 6.01. The van der Waals surface area contributed by atoms with E-state index in [-0.39, 0.29) is 29.8 Å². The summed E-state index contributed by atoms with van der Waals surface area (Å²) >= 11 is 0. The molecule has 0 bridgehead atoms. The second kappa shape index (κ2) is 8.34. The first-order valence-electron chi connectivity index (χ1n) is 7.04. The van der Waals surface area contributed by atoms with Crippen molar-refractivity contribution < 1.29 is 9.32 Å². The van der Waals surface area contributed by atoms with E-state index in [9.17, 15) is 4.79 Å². The van der Waals surface area contributed by atoms with Gasteiger partial charge in [-0.2, -0.15) is 4.98 Å². The number of carbonyl (C=O) groups is 1. The van der Waals surface area contributed by atoms with Crippen molar-refractivity contribution >= 4 is 18.3 Å². The van der Waals surface area contributed by atoms with Crippen molar-refractivity contribution in [2.24, 2.45) is 5.73 Å². The van der Waals surface area contributed by atoms with Gasteiger partial charge in [-0.15, -0.1) is 12.4 Å². The summed E-state index contributed by atoms with van der Waals surface area (Å²) in [5, 5.41) is 3.96. The van der Waals surface area contributed by atoms with Crippen LogP contribution in [0.5, 0.6) is 0 Å². The van der Waals surface area contributed by atoms with Crippen LogP contribution >= 0.6 is 12.4 Å². The number of nitrogens with two attached hydrogens (primary N) is 1. The van der Waals surface area contributed by atoms with E-state index in [4.69, 9.17) is 10.3 Å². The Labute approximate surface area is 132 Å². The van der Waals surface area contributed by atoms with Crippen LogP contribution in [0.15, 0.2) is 4.52 Å². The zero-order chi connectivity index (χ0) is 15.3. The van der Waals surface area contributed by atoms with Crippen molar-refractivity contribution in [3.8, 4) is 0 Å². The molecule has 1 aromatic rings. The number of amides is 1. The highest BCUT2D eigenvalue weighted by molar-refractivity contribution is 5.85. The molecule has 0 radical (unpaired) electrons. The Balaban J connectivity index is 0.00000400. The predicted molar refractivity (Wildman–Crippen MR) is 84.5 cm³/mol. The van der Waals surface area contributed by atoms with E-state index >= 15 is 0 Å². The Bertz CT molecular complexity index is 442. The number of hydrogen-bond acceptors (Lipinski definition) is 5. The largest absolute Gasteiger partial charge is 0.342 e. The molecule has 1 rings (SSSR count). The van der Waals surface area contributed by atoms with Gasteiger partial charge in [0.05, 0.1) is 0 Å². The van der Waals surface area contributed by atoms with E-state index in [2.05, 4.69) is 10.1 Å². The molecule has 1 amide bonds. The number of halogens is 1. The summed E-state index contributed by atoms with van der Waals surface area (Å²) in [6.45, 7) is 8.52. The van der Waals surface area contributed by atoms with E-state index in [1.807, 2.05) is 27.7 Å². The molecule has 1 heterocycles. The molecule has 0 aliphatic rings. The summed E-state index contributed by atoms with van der Waals surface area (Å²) < 4.78 is 5.20. The molecule has 0 aliphatic carbocycles. The number of rotatable bonds is 6. The second-order valence-corrected chi connectivity index (χ2v) is 6.20. The smallest absolute Gasteiger partial charge is 0.226 e. The number of carbonyl (C=O) groups excluding carboxylic acids is 1. The number of aryl methyl sites for hydroxylation is 1. The lowest BCUT2D eigenvalue weighted by molar-refractivity contribution is -0.131. The van der Waals surface area contributed by atoms with Crippen LogP contribution in [-0.2, 0) is 16.6 Å². The lowest BCUT2D eigenvalue weighted by Gasteiger charge is -2.23. The number of nitrogens with zero attached hydrogens (tertiary/aromatic N) is 3. The summed E-state index contributed by atoms with van der Waals surface area (Å²) in [7, 11) is 1.78. The van der Waals surface area contributed by atoms with Crippen molar-refractivity contribution in [3.05, 3.63) is 11.7 Å². The Kier molecular flexibility index (Phi) is 7.89. The topological polar surface area (TPSA) is 85.2 Å². The van der Waals surface area contributed by atoms with Crippen LogP contribution in [0.2, 0.25) is 0 Å². The average molecular weight is 319 g/mol. The van der Waals surface area contributed by atoms with E-state index in [1.165, 1.54) is 0 Å². The standard InChI is InChI=1S/C14H26N4O2.ClH/c1-10(9-15)18(5)12(19)8-6-7-11-16-13(17-20-11)14(2,3)4;/h10H,6-9,15H2,1-5H3;1H. The number of hydrogen-bond donors (Lipinski definition) is 1. The van der Waals surface area contributed by atoms with E-state index < -0.39 is 0 Å². The summed E-state index contributed by atoms with van der Waals surface area (Å²) in [5.74, 6) is 1.39. The summed E-state index contributed by atoms with van der Waals surface area (Å²) in [6.07, 6.45) is 1.79. The Morgan fingerprint density at radius 2 is 2.05 bits per heavy atom. The lowest BCUT2D eigenvalue weighted by atomic mass is 9.96. The van der Waals surface area contributed by atoms with Gasteiger partial charge in [-0.05, 0) is 13.3 Å². The Morgan fingerprint density at radius 3 is 2.52 bits per heavy atom. The van der Waals surface area contributed by atoms with Gasteiger partial charge < -0.3 is 15.2 Å². The van der Waals surface area contributed by atoms with Gasteiger partial charge in [0, 0.05) is 37.9 Å². The van der Waals surface area contributed by atoms with Crippen LogP contribution < -0.4 is 5.73 Å². The fourth-order valence-corrected chi connectivity index (χ4v) is 1.63. The van der Waals surface area contributed by atoms with Crippen LogP contribution in [0.1, 0.15) is 52.3 Å². The monoisotopic (exact) mass is 318 g/mol. The van der Waals surface area contributed by atoms with Crippen LogP contribution in [0.3, 0.4) is 0 Å². The van der Waals surface area contributed by atoms with Crippen molar-refractivity contribution in [2.45, 2.75) is 58.4 Å². The molecule has 0 spiro atoms. The molecule has 0 aromatic carbocycles. The molecule has 2 N–H and O–H groups in total. The highest BCUT2D eigenvalue weighted by atomic mass is 35.5. The number of aromatic nitrogens is 2. The fraction of sp³-hybridized carbons (Fsp3) is 0.786. The minimum atomic E-state index is -0.117. The molecule has 0 aliphatic heterocycles. The molecule has 0 fully saturated rings. The van der Waals surface area contributed by atoms with Gasteiger partial charge in [-0.25, -0.2) is 0 Å². The number of likely N-dealkylation sites (N-methyl/N-ethyl adjacent to an activating group) is 1. The minimum absolute atomic E-state index is 0. The second-order valence-electron chi connectivity index (χ2n) is 6.20. The molecular formula is C14H27ClN4O2. The zero-order valence-corrected chi connectivity index (χ0v) is 14.4. The molecule has 6 nitrogen and oxygen atoms in total. The van der Waals surface area contributed by atoms with Gasteiger partial charge in [0.2, 0.25) is 11.8 Å². The van der Waals surface area contributed by atoms with E-state index in [0.29, 0.717) is 37.5 Å². The third-order valence-corrected chi connectivity index (χ3v) is 3.32. The van der Waals surface area contributed by atoms with Crippen molar-refractivity contribution in [2.75, 3.05) is 13.6 Å². The minimum Gasteiger partial charge on any atom is -0.342 e. The predicted octanol–water partition coefficient (Wildman–Crippen LogP) is 1.92. The van der Waals surface area contributed by atoms with E-state index in [1.54, 1.807) is 11.9 Å². The summed E-state index contributed by atoms with van der Waals surface area (Å²) in [4.78, 5) is 17.9. The molecule has 0 saturated heterocycles. The molecule has 21 heavy (non-hydrogen) atoms. The fourth-order valence-electron chi connectivity index (χ4n) is 1.63. The molecule has 0 saturated carbocycles. The molecule has 7 heteroatoms. The van der Waals surface area contributed by atoms with Crippen molar-refractivity contribution in [3.63, 3.8) is 0 Å². The third-order valence-electron chi connectivity index (χ3n) is 3.32. The first-order chi connectivity index (χ1) is 9.25. The highest BCUT2D eigenvalue weighted by Gasteiger charge is 2.21. The molecule has 1 aromatic heterocycles. The van der Waals surface area contributed by atoms with Crippen LogP contribution in [0.25, 0.3) is 0 Å². The maximum Gasteiger partial charge on any atom is 0.226 e. The molecular weight excluding hydrogens is 292 g/mol. The van der Waals surface area contributed by atoms with Crippen LogP contribution in [-0.4, -0.2) is 40.6 Å². The van der Waals surface area contributed by atoms with Gasteiger partial charge in [0.25, 0.3) is 0 Å². The first kappa shape index (κ1) is 19.9. The quantitative estimate of drug-likeness (QED) is 0.866. The van der Waals surface area contributed by atoms with Gasteiger partial charge in [-0.3, -0.25) is 4.79 Å². The SMILES string of the molecule is CC(CN)N(C)C(=O)CCCc1nc(C(C)(C)C)no1.Cl. The molecule has 1 atom stereocenters. The van der Waals surface area contributed by atoms with Gasteiger partial charge >= 0.3 is 0 Å². The van der Waals surface area contributed by atoms with Gasteiger partial charge in [-0.1, -0.05) is 25.9 Å². The van der Waals surface area contributed by atoms with Crippen LogP contribution in [0, 0.1) is 0 Å². The maximum absolute atomic E-state index is 11.9. The molecule has 1 unspecified atom stereocenters. The van der Waals surface area contributed by atoms with Crippen LogP contribution in [0.4, 0.5) is 0 Å². The Hall–Kier alpha value is -1.14. The summed E-state index contributed by atoms with van der Waals surface area (Å²) in [5.41, 5.74) is 5.43. The summed E-state index contributed by atoms with van der Waals surface area (Å²) in [6, 6.07) is 0.0680. The van der Waals surface area contributed by atoms with E-state index in [0.717, 1.165) is 0 Å². The normalized spacial score (nSPS) is 12.7. The average Bonchev–Trinajstić information content (AvgIpc) is 2.85. The van der Waals surface area contributed by atoms with Gasteiger partial charge in [0.1, 0.15) is 0 Å². The first-order valence-corrected chi connectivity index (χ1v) is 7.04. The lowest BCUT2D eigenvalue weighted by Crippen LogP contribution is -2.39. The van der Waals surface area contributed by atoms with Crippen molar-refractivity contribution in [1.82, 2.24) is 15.0 Å². The molecule has 122 valence electrons. The van der Waals surface area contributed by atoms with Crippen molar-refractivity contribution in [1.29, 1.82) is 0 Å². The highest BCUT2D eigenvalue weighted by Crippen LogP contribution is 2.19. The Morgan fingerprint density at radius 1 is 1.43 bits per heavy atom. The zero-order valence-electron chi connectivity index (χ0n) is 13.5. The van der Waals surface area contributed by atoms with Gasteiger partial charge in [0.15, 0.2) is 5.82 Å². The maximum atomic E-state index is 11.9.